The fraction of sp³-hybridized carbons (Fsp3) is 0.545. The van der Waals surface area contributed by atoms with E-state index in [1.807, 2.05) is 27.7 Å². The number of hydrogen-bond donors (Lipinski definition) is 1. The number of carbonyl (C=O) groups excluding carboxylic acids is 1. The lowest BCUT2D eigenvalue weighted by atomic mass is 10.2. The minimum atomic E-state index is -0.492. The molecule has 0 fully saturated rings. The zero-order valence-corrected chi connectivity index (χ0v) is 11.2. The van der Waals surface area contributed by atoms with Gasteiger partial charge in [-0.1, -0.05) is 11.8 Å². The molecule has 0 spiro atoms. The van der Waals surface area contributed by atoms with E-state index in [1.54, 1.807) is 6.20 Å². The van der Waals surface area contributed by atoms with E-state index >= 15 is 0 Å². The molecule has 5 nitrogen and oxygen atoms in total. The van der Waals surface area contributed by atoms with E-state index in [1.165, 1.54) is 11.8 Å². The predicted octanol–water partition coefficient (Wildman–Crippen LogP) is 1.51. The summed E-state index contributed by atoms with van der Waals surface area (Å²) in [6.07, 6.45) is 1.58. The zero-order chi connectivity index (χ0) is 13.1. The number of rotatable bonds is 3. The Balaban J connectivity index is 2.59. The van der Waals surface area contributed by atoms with E-state index in [-0.39, 0.29) is 11.7 Å². The van der Waals surface area contributed by atoms with Crippen molar-refractivity contribution in [3.05, 3.63) is 22.2 Å². The van der Waals surface area contributed by atoms with E-state index in [0.717, 1.165) is 5.56 Å². The molecule has 17 heavy (non-hydrogen) atoms. The van der Waals surface area contributed by atoms with Crippen LogP contribution in [-0.2, 0) is 9.53 Å². The van der Waals surface area contributed by atoms with Crippen LogP contribution in [0.25, 0.3) is 0 Å². The summed E-state index contributed by atoms with van der Waals surface area (Å²) in [7, 11) is 0. The van der Waals surface area contributed by atoms with Gasteiger partial charge in [0.2, 0.25) is 0 Å². The van der Waals surface area contributed by atoms with Crippen molar-refractivity contribution in [3.8, 4) is 0 Å². The number of carbonyl (C=O) groups is 1. The SMILES string of the molecule is Cc1c[nH]c(=O)nc1SCC(=O)OC(C)(C)C. The van der Waals surface area contributed by atoms with Gasteiger partial charge in [0.1, 0.15) is 10.6 Å². The van der Waals surface area contributed by atoms with Gasteiger partial charge in [0.25, 0.3) is 0 Å². The Hall–Kier alpha value is -1.30. The Kier molecular flexibility index (Phi) is 4.34. The van der Waals surface area contributed by atoms with Gasteiger partial charge in [-0.15, -0.1) is 0 Å². The first-order valence-electron chi connectivity index (χ1n) is 5.19. The van der Waals surface area contributed by atoms with E-state index in [9.17, 15) is 9.59 Å². The van der Waals surface area contributed by atoms with E-state index in [0.29, 0.717) is 5.03 Å². The van der Waals surface area contributed by atoms with Crippen molar-refractivity contribution >= 4 is 17.7 Å². The lowest BCUT2D eigenvalue weighted by molar-refractivity contribution is -0.151. The normalized spacial score (nSPS) is 11.3. The number of esters is 1. The highest BCUT2D eigenvalue weighted by Crippen LogP contribution is 2.18. The van der Waals surface area contributed by atoms with Crippen LogP contribution in [0.2, 0.25) is 0 Å². The monoisotopic (exact) mass is 256 g/mol. The maximum absolute atomic E-state index is 11.5. The van der Waals surface area contributed by atoms with Crippen molar-refractivity contribution in [2.75, 3.05) is 5.75 Å². The zero-order valence-electron chi connectivity index (χ0n) is 10.4. The lowest BCUT2D eigenvalue weighted by Gasteiger charge is -2.19. The first-order chi connectivity index (χ1) is 7.78. The molecule has 0 aromatic carbocycles. The smallest absolute Gasteiger partial charge is 0.345 e. The molecule has 0 atom stereocenters. The summed E-state index contributed by atoms with van der Waals surface area (Å²) in [5.74, 6) is -0.168. The molecule has 1 N–H and O–H groups in total. The highest BCUT2D eigenvalue weighted by Gasteiger charge is 2.16. The largest absolute Gasteiger partial charge is 0.459 e. The van der Waals surface area contributed by atoms with Crippen molar-refractivity contribution in [1.29, 1.82) is 0 Å². The third-order valence-electron chi connectivity index (χ3n) is 1.70. The van der Waals surface area contributed by atoms with Crippen LogP contribution in [-0.4, -0.2) is 27.3 Å². The van der Waals surface area contributed by atoms with Crippen molar-refractivity contribution < 1.29 is 9.53 Å². The highest BCUT2D eigenvalue weighted by molar-refractivity contribution is 7.99. The Morgan fingerprint density at radius 3 is 2.76 bits per heavy atom. The number of aryl methyl sites for hydroxylation is 1. The molecule has 0 radical (unpaired) electrons. The lowest BCUT2D eigenvalue weighted by Crippen LogP contribution is -2.25. The molecule has 0 aliphatic heterocycles. The van der Waals surface area contributed by atoms with Gasteiger partial charge in [0.15, 0.2) is 0 Å². The minimum absolute atomic E-state index is 0.147. The molecule has 6 heteroatoms. The van der Waals surface area contributed by atoms with E-state index < -0.39 is 11.3 Å². The molecular weight excluding hydrogens is 240 g/mol. The molecule has 94 valence electrons. The molecule has 0 saturated heterocycles. The van der Waals surface area contributed by atoms with E-state index in [2.05, 4.69) is 9.97 Å². The summed E-state index contributed by atoms with van der Waals surface area (Å²) >= 11 is 1.20. The van der Waals surface area contributed by atoms with Gasteiger partial charge in [-0.2, -0.15) is 4.98 Å². The van der Waals surface area contributed by atoms with Gasteiger partial charge in [-0.05, 0) is 33.3 Å². The average Bonchev–Trinajstić information content (AvgIpc) is 2.17. The summed E-state index contributed by atoms with van der Waals surface area (Å²) in [4.78, 5) is 28.7. The Morgan fingerprint density at radius 2 is 2.18 bits per heavy atom. The number of thioether (sulfide) groups is 1. The first-order valence-corrected chi connectivity index (χ1v) is 6.17. The van der Waals surface area contributed by atoms with Crippen molar-refractivity contribution in [2.24, 2.45) is 0 Å². The van der Waals surface area contributed by atoms with E-state index in [4.69, 9.17) is 4.74 Å². The number of H-pyrrole nitrogens is 1. The van der Waals surface area contributed by atoms with Gasteiger partial charge < -0.3 is 9.72 Å². The third-order valence-corrected chi connectivity index (χ3v) is 2.77. The Bertz CT molecular complexity index is 463. The second-order valence-corrected chi connectivity index (χ2v) is 5.53. The van der Waals surface area contributed by atoms with Crippen molar-refractivity contribution in [1.82, 2.24) is 9.97 Å². The first kappa shape index (κ1) is 13.8. The number of aromatic amines is 1. The summed E-state index contributed by atoms with van der Waals surface area (Å²) in [5, 5.41) is 0.555. The average molecular weight is 256 g/mol. The van der Waals surface area contributed by atoms with Gasteiger partial charge in [0, 0.05) is 6.20 Å². The molecule has 0 saturated carbocycles. The second kappa shape index (κ2) is 5.35. The Labute approximate surface area is 104 Å². The summed E-state index contributed by atoms with van der Waals surface area (Å²) in [6, 6.07) is 0. The molecule has 1 aromatic rings. The molecular formula is C11H16N2O3S. The number of nitrogens with zero attached hydrogens (tertiary/aromatic N) is 1. The van der Waals surface area contributed by atoms with Gasteiger partial charge in [0.05, 0.1) is 5.75 Å². The van der Waals surface area contributed by atoms with Gasteiger partial charge in [-0.25, -0.2) is 4.79 Å². The van der Waals surface area contributed by atoms with Crippen LogP contribution < -0.4 is 5.69 Å². The molecule has 0 bridgehead atoms. The van der Waals surface area contributed by atoms with Crippen LogP contribution in [0.3, 0.4) is 0 Å². The molecule has 0 aliphatic rings. The van der Waals surface area contributed by atoms with Crippen molar-refractivity contribution in [3.63, 3.8) is 0 Å². The standard InChI is InChI=1S/C11H16N2O3S/c1-7-5-12-10(15)13-9(7)17-6-8(14)16-11(2,3)4/h5H,6H2,1-4H3,(H,12,13,15). The van der Waals surface area contributed by atoms with Gasteiger partial charge in [-0.3, -0.25) is 4.79 Å². The summed E-state index contributed by atoms with van der Waals surface area (Å²) in [5.41, 5.74) is -0.0747. The maximum atomic E-state index is 11.5. The molecule has 0 unspecified atom stereocenters. The topological polar surface area (TPSA) is 72.0 Å². The fourth-order valence-corrected chi connectivity index (χ4v) is 1.84. The molecule has 1 heterocycles. The number of hydrogen-bond acceptors (Lipinski definition) is 5. The van der Waals surface area contributed by atoms with Crippen LogP contribution in [0.4, 0.5) is 0 Å². The van der Waals surface area contributed by atoms with Gasteiger partial charge >= 0.3 is 11.7 Å². The van der Waals surface area contributed by atoms with Crippen LogP contribution in [0, 0.1) is 6.92 Å². The molecule has 0 aliphatic carbocycles. The number of nitrogens with one attached hydrogen (secondary N) is 1. The number of aromatic nitrogens is 2. The van der Waals surface area contributed by atoms with Crippen LogP contribution in [0.1, 0.15) is 26.3 Å². The summed E-state index contributed by atoms with van der Waals surface area (Å²) in [6.45, 7) is 7.26. The van der Waals surface area contributed by atoms with Crippen LogP contribution in [0.15, 0.2) is 16.0 Å². The molecule has 1 aromatic heterocycles. The van der Waals surface area contributed by atoms with Crippen LogP contribution >= 0.6 is 11.8 Å². The third kappa shape index (κ3) is 5.04. The Morgan fingerprint density at radius 1 is 1.53 bits per heavy atom. The predicted molar refractivity (Wildman–Crippen MR) is 66.2 cm³/mol. The van der Waals surface area contributed by atoms with Crippen LogP contribution in [0.5, 0.6) is 0 Å². The highest BCUT2D eigenvalue weighted by atomic mass is 32.2. The van der Waals surface area contributed by atoms with Crippen molar-refractivity contribution in [2.45, 2.75) is 38.3 Å². The fourth-order valence-electron chi connectivity index (χ4n) is 1.09. The minimum Gasteiger partial charge on any atom is -0.459 e. The molecule has 1 rings (SSSR count). The quantitative estimate of drug-likeness (QED) is 0.504. The number of ether oxygens (including phenoxy) is 1. The maximum Gasteiger partial charge on any atom is 0.345 e. The summed E-state index contributed by atoms with van der Waals surface area (Å²) < 4.78 is 5.16. The molecule has 0 amide bonds. The second-order valence-electron chi connectivity index (χ2n) is 4.57.